The van der Waals surface area contributed by atoms with E-state index in [0.29, 0.717) is 12.0 Å². The third-order valence-corrected chi connectivity index (χ3v) is 6.08. The molecule has 1 heterocycles. The Labute approximate surface area is 146 Å². The lowest BCUT2D eigenvalue weighted by Gasteiger charge is -2.52. The molecule has 6 heteroatoms. The third kappa shape index (κ3) is 2.98. The van der Waals surface area contributed by atoms with Gasteiger partial charge in [-0.05, 0) is 19.8 Å². The van der Waals surface area contributed by atoms with Crippen LogP contribution in [-0.2, 0) is 23.9 Å². The van der Waals surface area contributed by atoms with Gasteiger partial charge >= 0.3 is 17.9 Å². The molecule has 2 fully saturated rings. The van der Waals surface area contributed by atoms with E-state index in [0.717, 1.165) is 18.4 Å². The van der Waals surface area contributed by atoms with Gasteiger partial charge < -0.3 is 14.6 Å². The largest absolute Gasteiger partial charge is 0.481 e. The van der Waals surface area contributed by atoms with Crippen LogP contribution in [0.3, 0.4) is 0 Å². The van der Waals surface area contributed by atoms with Gasteiger partial charge in [-0.2, -0.15) is 0 Å². The average molecular weight is 348 g/mol. The second kappa shape index (κ2) is 6.32. The molecule has 0 spiro atoms. The first-order valence-electron chi connectivity index (χ1n) is 8.71. The quantitative estimate of drug-likeness (QED) is 0.477. The first-order valence-corrected chi connectivity index (χ1v) is 8.71. The molecule has 5 atom stereocenters. The maximum Gasteiger partial charge on any atom is 0.334 e. The molecular formula is C19H24O6. The summed E-state index contributed by atoms with van der Waals surface area (Å²) in [6, 6.07) is 0. The maximum absolute atomic E-state index is 12.0. The van der Waals surface area contributed by atoms with Crippen LogP contribution < -0.4 is 0 Å². The fourth-order valence-electron chi connectivity index (χ4n) is 4.71. The summed E-state index contributed by atoms with van der Waals surface area (Å²) in [5.74, 6) is -1.82. The third-order valence-electron chi connectivity index (χ3n) is 6.08. The molecule has 3 aliphatic rings. The summed E-state index contributed by atoms with van der Waals surface area (Å²) in [4.78, 5) is 34.6. The van der Waals surface area contributed by atoms with Crippen LogP contribution in [-0.4, -0.2) is 35.2 Å². The summed E-state index contributed by atoms with van der Waals surface area (Å²) in [5.41, 5.74) is 1.36. The van der Waals surface area contributed by atoms with Crippen LogP contribution in [0.5, 0.6) is 0 Å². The van der Waals surface area contributed by atoms with Crippen molar-refractivity contribution in [3.8, 4) is 0 Å². The topological polar surface area (TPSA) is 89.9 Å². The van der Waals surface area contributed by atoms with Crippen LogP contribution in [0.15, 0.2) is 23.8 Å². The molecule has 0 aromatic rings. The molecule has 0 unspecified atom stereocenters. The van der Waals surface area contributed by atoms with Gasteiger partial charge in [0.25, 0.3) is 0 Å². The molecule has 1 saturated carbocycles. The Bertz CT molecular complexity index is 663. The molecule has 1 saturated heterocycles. The van der Waals surface area contributed by atoms with E-state index in [1.165, 1.54) is 0 Å². The minimum atomic E-state index is -1.02. The van der Waals surface area contributed by atoms with Crippen molar-refractivity contribution in [2.24, 2.45) is 17.3 Å². The number of aliphatic carboxylic acids is 1. The van der Waals surface area contributed by atoms with Crippen molar-refractivity contribution in [1.29, 1.82) is 0 Å². The Balaban J connectivity index is 1.81. The second-order valence-electron chi connectivity index (χ2n) is 7.58. The van der Waals surface area contributed by atoms with Crippen LogP contribution in [0, 0.1) is 17.3 Å². The maximum atomic E-state index is 12.0. The van der Waals surface area contributed by atoms with Gasteiger partial charge in [-0.1, -0.05) is 25.2 Å². The molecule has 0 aromatic carbocycles. The summed E-state index contributed by atoms with van der Waals surface area (Å²) in [6.07, 6.45) is 3.26. The molecule has 25 heavy (non-hydrogen) atoms. The van der Waals surface area contributed by atoms with E-state index >= 15 is 0 Å². The van der Waals surface area contributed by atoms with Crippen molar-refractivity contribution in [2.45, 2.75) is 58.2 Å². The van der Waals surface area contributed by atoms with E-state index in [2.05, 4.69) is 13.5 Å². The molecule has 0 radical (unpaired) electrons. The molecule has 0 bridgehead atoms. The van der Waals surface area contributed by atoms with Crippen LogP contribution >= 0.6 is 0 Å². The fourth-order valence-corrected chi connectivity index (χ4v) is 4.71. The highest BCUT2D eigenvalue weighted by Crippen LogP contribution is 2.56. The zero-order valence-corrected chi connectivity index (χ0v) is 14.6. The van der Waals surface area contributed by atoms with E-state index in [1.54, 1.807) is 0 Å². The number of hydrogen-bond donors (Lipinski definition) is 1. The van der Waals surface area contributed by atoms with Crippen molar-refractivity contribution >= 4 is 17.9 Å². The van der Waals surface area contributed by atoms with Crippen molar-refractivity contribution in [2.75, 3.05) is 0 Å². The van der Waals surface area contributed by atoms with Gasteiger partial charge in [0.15, 0.2) is 0 Å². The SMILES string of the molecule is C=C1C(=O)O[C@@H]2[C@H]3C(C)=CC[C@@H](OC(=O)CCC(=O)O)[C@]3(C)CC[C@@H]12. The number of carboxylic acid groups (broad SMARTS) is 1. The molecule has 2 aliphatic carbocycles. The van der Waals surface area contributed by atoms with E-state index in [9.17, 15) is 14.4 Å². The summed E-state index contributed by atoms with van der Waals surface area (Å²) >= 11 is 0. The predicted molar refractivity (Wildman–Crippen MR) is 88.5 cm³/mol. The van der Waals surface area contributed by atoms with E-state index < -0.39 is 11.9 Å². The number of carbonyl (C=O) groups excluding carboxylic acids is 2. The smallest absolute Gasteiger partial charge is 0.334 e. The first kappa shape index (κ1) is 17.7. The zero-order valence-electron chi connectivity index (χ0n) is 14.6. The summed E-state index contributed by atoms with van der Waals surface area (Å²) < 4.78 is 11.3. The summed E-state index contributed by atoms with van der Waals surface area (Å²) in [6.45, 7) is 7.99. The minimum Gasteiger partial charge on any atom is -0.481 e. The van der Waals surface area contributed by atoms with Crippen LogP contribution in [0.2, 0.25) is 0 Å². The van der Waals surface area contributed by atoms with Crippen LogP contribution in [0.4, 0.5) is 0 Å². The predicted octanol–water partition coefficient (Wildman–Crippen LogP) is 2.63. The zero-order chi connectivity index (χ0) is 18.4. The lowest BCUT2D eigenvalue weighted by Crippen LogP contribution is -2.53. The molecule has 1 N–H and O–H groups in total. The fraction of sp³-hybridized carbons (Fsp3) is 0.632. The van der Waals surface area contributed by atoms with Crippen LogP contribution in [0.25, 0.3) is 0 Å². The highest BCUT2D eigenvalue weighted by molar-refractivity contribution is 5.91. The number of rotatable bonds is 4. The van der Waals surface area contributed by atoms with Gasteiger partial charge in [0.05, 0.1) is 12.8 Å². The lowest BCUT2D eigenvalue weighted by molar-refractivity contribution is -0.170. The molecule has 136 valence electrons. The normalized spacial score (nSPS) is 36.8. The van der Waals surface area contributed by atoms with E-state index in [-0.39, 0.29) is 48.3 Å². The van der Waals surface area contributed by atoms with Crippen molar-refractivity contribution in [1.82, 2.24) is 0 Å². The molecular weight excluding hydrogens is 324 g/mol. The Morgan fingerprint density at radius 1 is 1.44 bits per heavy atom. The second-order valence-corrected chi connectivity index (χ2v) is 7.58. The Morgan fingerprint density at radius 3 is 2.84 bits per heavy atom. The number of ether oxygens (including phenoxy) is 2. The standard InChI is InChI=1S/C19H24O6/c1-10-4-5-13(24-15(22)7-6-14(20)21)19(3)9-8-12-11(2)18(23)25-17(12)16(10)19/h4,12-13,16-17H,2,5-9H2,1,3H3,(H,20,21)/t12-,13+,16+,17-,19-/m0/s1. The molecule has 1 aliphatic heterocycles. The molecule has 0 amide bonds. The van der Waals surface area contributed by atoms with E-state index in [1.807, 2.05) is 13.0 Å². The van der Waals surface area contributed by atoms with Gasteiger partial charge in [-0.15, -0.1) is 0 Å². The average Bonchev–Trinajstić information content (AvgIpc) is 2.82. The Kier molecular flexibility index (Phi) is 4.47. The monoisotopic (exact) mass is 348 g/mol. The van der Waals surface area contributed by atoms with Gasteiger partial charge in [0.1, 0.15) is 12.2 Å². The highest BCUT2D eigenvalue weighted by Gasteiger charge is 2.58. The summed E-state index contributed by atoms with van der Waals surface area (Å²) in [5, 5.41) is 8.72. The first-order chi connectivity index (χ1) is 11.7. The molecule has 0 aromatic heterocycles. The number of hydrogen-bond acceptors (Lipinski definition) is 5. The van der Waals surface area contributed by atoms with Gasteiger partial charge in [-0.3, -0.25) is 9.59 Å². The Morgan fingerprint density at radius 2 is 2.16 bits per heavy atom. The minimum absolute atomic E-state index is 0.0135. The number of fused-ring (bicyclic) bond motifs is 3. The lowest BCUT2D eigenvalue weighted by atomic mass is 9.55. The van der Waals surface area contributed by atoms with Gasteiger partial charge in [0.2, 0.25) is 0 Å². The van der Waals surface area contributed by atoms with Crippen LogP contribution in [0.1, 0.15) is 46.0 Å². The van der Waals surface area contributed by atoms with E-state index in [4.69, 9.17) is 14.6 Å². The van der Waals surface area contributed by atoms with Gasteiger partial charge in [-0.25, -0.2) is 4.79 Å². The van der Waals surface area contributed by atoms with Crippen molar-refractivity contribution in [3.63, 3.8) is 0 Å². The highest BCUT2D eigenvalue weighted by atomic mass is 16.6. The molecule has 6 nitrogen and oxygen atoms in total. The molecule has 3 rings (SSSR count). The van der Waals surface area contributed by atoms with Gasteiger partial charge in [0, 0.05) is 29.2 Å². The number of carbonyl (C=O) groups is 3. The number of carboxylic acids is 1. The van der Waals surface area contributed by atoms with Crippen molar-refractivity contribution < 1.29 is 29.0 Å². The number of esters is 2. The van der Waals surface area contributed by atoms with Crippen molar-refractivity contribution in [3.05, 3.63) is 23.8 Å². The Hall–Kier alpha value is -2.11. The summed E-state index contributed by atoms with van der Waals surface area (Å²) in [7, 11) is 0.